The summed E-state index contributed by atoms with van der Waals surface area (Å²) in [7, 11) is 0. The van der Waals surface area contributed by atoms with Gasteiger partial charge in [0, 0.05) is 19.1 Å². The second kappa shape index (κ2) is 6.48. The third kappa shape index (κ3) is 3.34. The molecular weight excluding hydrogens is 268 g/mol. The van der Waals surface area contributed by atoms with Gasteiger partial charge in [0.25, 0.3) is 0 Å². The van der Waals surface area contributed by atoms with Gasteiger partial charge in [-0.25, -0.2) is 4.99 Å². The van der Waals surface area contributed by atoms with E-state index in [1.807, 2.05) is 6.92 Å². The maximum absolute atomic E-state index is 11.8. The lowest BCUT2D eigenvalue weighted by Crippen LogP contribution is -2.37. The summed E-state index contributed by atoms with van der Waals surface area (Å²) in [5.74, 6) is 0.123. The van der Waals surface area contributed by atoms with Gasteiger partial charge in [0.05, 0.1) is 12.6 Å². The van der Waals surface area contributed by atoms with Crippen molar-refractivity contribution in [3.8, 4) is 0 Å². The zero-order valence-corrected chi connectivity index (χ0v) is 12.0. The molecule has 106 valence electrons. The van der Waals surface area contributed by atoms with Crippen LogP contribution in [-0.4, -0.2) is 42.8 Å². The van der Waals surface area contributed by atoms with Crippen LogP contribution in [0.15, 0.2) is 9.98 Å². The maximum atomic E-state index is 11.8. The molecule has 0 radical (unpaired) electrons. The molecule has 0 aromatic rings. The number of hydrogen-bond donors (Lipinski definition) is 0. The van der Waals surface area contributed by atoms with Gasteiger partial charge < -0.3 is 9.47 Å². The average molecular weight is 287 g/mol. The fourth-order valence-corrected chi connectivity index (χ4v) is 2.73. The molecule has 2 unspecified atom stereocenters. The zero-order chi connectivity index (χ0) is 13.8. The summed E-state index contributed by atoms with van der Waals surface area (Å²) in [5, 5.41) is 0.294. The Kier molecular flexibility index (Phi) is 4.93. The SMILES string of the molecule is CCOC(=O)C1C(Cl)=NC(C2CCOCC2)=NC1C. The van der Waals surface area contributed by atoms with E-state index in [4.69, 9.17) is 21.1 Å². The number of nitrogens with zero attached hydrogens (tertiary/aromatic N) is 2. The summed E-state index contributed by atoms with van der Waals surface area (Å²) in [6, 6.07) is -0.220. The lowest BCUT2D eigenvalue weighted by Gasteiger charge is -2.27. The summed E-state index contributed by atoms with van der Waals surface area (Å²) in [6.07, 6.45) is 1.81. The van der Waals surface area contributed by atoms with Crippen molar-refractivity contribution >= 4 is 28.6 Å². The van der Waals surface area contributed by atoms with E-state index in [9.17, 15) is 4.79 Å². The molecular formula is C13H19ClN2O3. The van der Waals surface area contributed by atoms with Crippen LogP contribution in [-0.2, 0) is 14.3 Å². The highest BCUT2D eigenvalue weighted by molar-refractivity contribution is 6.68. The summed E-state index contributed by atoms with van der Waals surface area (Å²) in [6.45, 7) is 5.44. The molecule has 0 N–H and O–H groups in total. The Morgan fingerprint density at radius 1 is 1.47 bits per heavy atom. The van der Waals surface area contributed by atoms with Crippen molar-refractivity contribution in [2.75, 3.05) is 19.8 Å². The molecule has 0 saturated carbocycles. The van der Waals surface area contributed by atoms with Crippen LogP contribution in [0.4, 0.5) is 0 Å². The third-order valence-corrected chi connectivity index (χ3v) is 3.74. The van der Waals surface area contributed by atoms with E-state index in [1.54, 1.807) is 6.92 Å². The minimum atomic E-state index is -0.565. The summed E-state index contributed by atoms with van der Waals surface area (Å²) in [5.41, 5.74) is 0. The van der Waals surface area contributed by atoms with Gasteiger partial charge in [-0.1, -0.05) is 11.6 Å². The van der Waals surface area contributed by atoms with Crippen molar-refractivity contribution in [1.82, 2.24) is 0 Å². The topological polar surface area (TPSA) is 60.2 Å². The molecule has 0 aromatic heterocycles. The van der Waals surface area contributed by atoms with Crippen LogP contribution < -0.4 is 0 Å². The van der Waals surface area contributed by atoms with E-state index >= 15 is 0 Å². The number of carbonyl (C=O) groups is 1. The molecule has 2 atom stereocenters. The summed E-state index contributed by atoms with van der Waals surface area (Å²) in [4.78, 5) is 20.7. The molecule has 5 nitrogen and oxygen atoms in total. The highest BCUT2D eigenvalue weighted by atomic mass is 35.5. The van der Waals surface area contributed by atoms with Gasteiger partial charge in [-0.15, -0.1) is 0 Å². The molecule has 2 aliphatic rings. The maximum Gasteiger partial charge on any atom is 0.318 e. The highest BCUT2D eigenvalue weighted by Gasteiger charge is 2.35. The van der Waals surface area contributed by atoms with Gasteiger partial charge >= 0.3 is 5.97 Å². The van der Waals surface area contributed by atoms with Crippen molar-refractivity contribution in [3.63, 3.8) is 0 Å². The first-order chi connectivity index (χ1) is 9.13. The molecule has 6 heteroatoms. The standard InChI is InChI=1S/C13H19ClN2O3/c1-3-19-13(17)10-8(2)15-12(16-11(10)14)9-4-6-18-7-5-9/h8-10H,3-7H2,1-2H3. The Labute approximate surface area is 118 Å². The number of amidine groups is 1. The predicted octanol–water partition coefficient (Wildman–Crippen LogP) is 2.03. The van der Waals surface area contributed by atoms with E-state index in [0.29, 0.717) is 11.8 Å². The van der Waals surface area contributed by atoms with Crippen molar-refractivity contribution < 1.29 is 14.3 Å². The molecule has 1 fully saturated rings. The largest absolute Gasteiger partial charge is 0.465 e. The van der Waals surface area contributed by atoms with Crippen molar-refractivity contribution in [2.24, 2.45) is 21.8 Å². The summed E-state index contributed by atoms with van der Waals surface area (Å²) >= 11 is 6.16. The summed E-state index contributed by atoms with van der Waals surface area (Å²) < 4.78 is 10.3. The predicted molar refractivity (Wildman–Crippen MR) is 73.9 cm³/mol. The number of aliphatic imine (C=N–C) groups is 2. The minimum absolute atomic E-state index is 0.220. The van der Waals surface area contributed by atoms with Gasteiger partial charge in [-0.3, -0.25) is 9.79 Å². The molecule has 1 saturated heterocycles. The Bertz CT molecular complexity index is 403. The van der Waals surface area contributed by atoms with Crippen LogP contribution in [0.25, 0.3) is 0 Å². The van der Waals surface area contributed by atoms with Crippen LogP contribution in [0, 0.1) is 11.8 Å². The molecule has 19 heavy (non-hydrogen) atoms. The number of carbonyl (C=O) groups excluding carboxylic acids is 1. The lowest BCUT2D eigenvalue weighted by atomic mass is 9.95. The molecule has 0 amide bonds. The third-order valence-electron chi connectivity index (χ3n) is 3.42. The number of hydrogen-bond acceptors (Lipinski definition) is 5. The number of esters is 1. The van der Waals surface area contributed by atoms with E-state index in [-0.39, 0.29) is 17.9 Å². The van der Waals surface area contributed by atoms with Crippen LogP contribution >= 0.6 is 11.6 Å². The van der Waals surface area contributed by atoms with Crippen molar-refractivity contribution in [3.05, 3.63) is 0 Å². The molecule has 0 spiro atoms. The van der Waals surface area contributed by atoms with Crippen LogP contribution in [0.2, 0.25) is 0 Å². The molecule has 2 aliphatic heterocycles. The Hall–Kier alpha value is -0.940. The van der Waals surface area contributed by atoms with Gasteiger partial charge in [-0.05, 0) is 26.7 Å². The van der Waals surface area contributed by atoms with Gasteiger partial charge in [-0.2, -0.15) is 0 Å². The Balaban J connectivity index is 2.10. The van der Waals surface area contributed by atoms with E-state index in [2.05, 4.69) is 9.98 Å². The van der Waals surface area contributed by atoms with Crippen molar-refractivity contribution in [1.29, 1.82) is 0 Å². The van der Waals surface area contributed by atoms with E-state index < -0.39 is 5.92 Å². The van der Waals surface area contributed by atoms with Gasteiger partial charge in [0.1, 0.15) is 16.9 Å². The Morgan fingerprint density at radius 3 is 2.74 bits per heavy atom. The quantitative estimate of drug-likeness (QED) is 0.746. The smallest absolute Gasteiger partial charge is 0.318 e. The second-order valence-electron chi connectivity index (χ2n) is 4.78. The molecule has 0 aliphatic carbocycles. The number of rotatable bonds is 3. The fraction of sp³-hybridized carbons (Fsp3) is 0.769. The number of ether oxygens (including phenoxy) is 2. The lowest BCUT2D eigenvalue weighted by molar-refractivity contribution is -0.145. The van der Waals surface area contributed by atoms with E-state index in [0.717, 1.165) is 31.9 Å². The highest BCUT2D eigenvalue weighted by Crippen LogP contribution is 2.25. The van der Waals surface area contributed by atoms with Crippen LogP contribution in [0.1, 0.15) is 26.7 Å². The normalized spacial score (nSPS) is 28.6. The monoisotopic (exact) mass is 286 g/mol. The van der Waals surface area contributed by atoms with Crippen LogP contribution in [0.3, 0.4) is 0 Å². The molecule has 2 rings (SSSR count). The minimum Gasteiger partial charge on any atom is -0.465 e. The average Bonchev–Trinajstić information content (AvgIpc) is 2.39. The number of halogens is 1. The fourth-order valence-electron chi connectivity index (χ4n) is 2.37. The van der Waals surface area contributed by atoms with Crippen molar-refractivity contribution in [2.45, 2.75) is 32.7 Å². The first-order valence-corrected chi connectivity index (χ1v) is 7.07. The van der Waals surface area contributed by atoms with Gasteiger partial charge in [0.2, 0.25) is 0 Å². The molecule has 0 bridgehead atoms. The molecule has 0 aromatic carbocycles. The second-order valence-corrected chi connectivity index (χ2v) is 5.17. The van der Waals surface area contributed by atoms with Gasteiger partial charge in [0.15, 0.2) is 0 Å². The van der Waals surface area contributed by atoms with Crippen LogP contribution in [0.5, 0.6) is 0 Å². The first kappa shape index (κ1) is 14.5. The molecule has 2 heterocycles. The van der Waals surface area contributed by atoms with E-state index in [1.165, 1.54) is 0 Å². The Morgan fingerprint density at radius 2 is 2.16 bits per heavy atom. The first-order valence-electron chi connectivity index (χ1n) is 6.69. The zero-order valence-electron chi connectivity index (χ0n) is 11.3.